The molecule has 2 aliphatic rings. The van der Waals surface area contributed by atoms with Gasteiger partial charge in [0.2, 0.25) is 0 Å². The van der Waals surface area contributed by atoms with Gasteiger partial charge < -0.3 is 19.5 Å². The first-order chi connectivity index (χ1) is 13.2. The van der Waals surface area contributed by atoms with E-state index in [0.29, 0.717) is 19.7 Å². The lowest BCUT2D eigenvalue weighted by molar-refractivity contribution is -0.898. The van der Waals surface area contributed by atoms with Crippen LogP contribution in [0.4, 0.5) is 0 Å². The number of benzene rings is 1. The fourth-order valence-corrected chi connectivity index (χ4v) is 4.40. The molecule has 0 saturated carbocycles. The predicted octanol–water partition coefficient (Wildman–Crippen LogP) is 0.911. The van der Waals surface area contributed by atoms with Crippen molar-refractivity contribution >= 4 is 22.8 Å². The number of nitrogens with zero attached hydrogens (tertiary/aromatic N) is 1. The number of carbonyl (C=O) groups is 2. The van der Waals surface area contributed by atoms with Gasteiger partial charge in [-0.25, -0.2) is 0 Å². The quantitative estimate of drug-likeness (QED) is 0.787. The molecule has 0 radical (unpaired) electrons. The van der Waals surface area contributed by atoms with Crippen LogP contribution in [0, 0.1) is 5.92 Å². The van der Waals surface area contributed by atoms with Gasteiger partial charge in [0.15, 0.2) is 6.54 Å². The molecule has 2 N–H and O–H groups in total. The molecular formula is C21H28N3O3+. The zero-order valence-corrected chi connectivity index (χ0v) is 15.9. The Morgan fingerprint density at radius 3 is 2.81 bits per heavy atom. The van der Waals surface area contributed by atoms with Crippen LogP contribution in [0.15, 0.2) is 24.3 Å². The zero-order chi connectivity index (χ0) is 18.8. The van der Waals surface area contributed by atoms with Crippen molar-refractivity contribution in [3.05, 3.63) is 35.5 Å². The third kappa shape index (κ3) is 3.72. The van der Waals surface area contributed by atoms with E-state index in [1.807, 2.05) is 17.9 Å². The Morgan fingerprint density at radius 1 is 1.26 bits per heavy atom. The second kappa shape index (κ2) is 7.72. The van der Waals surface area contributed by atoms with Crippen LogP contribution in [0.25, 0.3) is 10.9 Å². The molecule has 1 saturated heterocycles. The van der Waals surface area contributed by atoms with Gasteiger partial charge in [-0.3, -0.25) is 9.59 Å². The van der Waals surface area contributed by atoms with Crippen LogP contribution in [0.3, 0.4) is 0 Å². The number of rotatable bonds is 4. The largest absolute Gasteiger partial charge is 0.466 e. The van der Waals surface area contributed by atoms with E-state index in [1.165, 1.54) is 21.5 Å². The summed E-state index contributed by atoms with van der Waals surface area (Å²) in [5.41, 5.74) is 3.69. The molecule has 2 aromatic rings. The number of amides is 1. The highest BCUT2D eigenvalue weighted by molar-refractivity contribution is 5.86. The normalized spacial score (nSPS) is 22.5. The van der Waals surface area contributed by atoms with E-state index in [-0.39, 0.29) is 17.8 Å². The molecule has 0 atom stereocenters. The average molecular weight is 370 g/mol. The maximum atomic E-state index is 12.9. The Kier molecular flexibility index (Phi) is 5.16. The SMILES string of the molecule is CCOC(=O)C1CC[NH+](CC(=O)N2CCc3[nH]c4ccccc4c3C2)CC1. The van der Waals surface area contributed by atoms with Crippen LogP contribution in [0.5, 0.6) is 0 Å². The van der Waals surface area contributed by atoms with Gasteiger partial charge in [-0.2, -0.15) is 0 Å². The van der Waals surface area contributed by atoms with Gasteiger partial charge in [0.25, 0.3) is 5.91 Å². The minimum atomic E-state index is -0.0780. The molecule has 144 valence electrons. The lowest BCUT2D eigenvalue weighted by Crippen LogP contribution is -3.14. The van der Waals surface area contributed by atoms with E-state index in [0.717, 1.165) is 44.4 Å². The Morgan fingerprint density at radius 2 is 2.04 bits per heavy atom. The summed E-state index contributed by atoms with van der Waals surface area (Å²) in [7, 11) is 0. The number of aromatic nitrogens is 1. The number of H-pyrrole nitrogens is 1. The monoisotopic (exact) mass is 370 g/mol. The average Bonchev–Trinajstić information content (AvgIpc) is 3.06. The zero-order valence-electron chi connectivity index (χ0n) is 15.9. The van der Waals surface area contributed by atoms with Gasteiger partial charge in [-0.1, -0.05) is 18.2 Å². The number of nitrogens with one attached hydrogen (secondary N) is 2. The Hall–Kier alpha value is -2.34. The molecule has 6 nitrogen and oxygen atoms in total. The van der Waals surface area contributed by atoms with Crippen molar-refractivity contribution in [2.45, 2.75) is 32.7 Å². The van der Waals surface area contributed by atoms with Crippen molar-refractivity contribution < 1.29 is 19.2 Å². The van der Waals surface area contributed by atoms with E-state index in [4.69, 9.17) is 4.74 Å². The number of carbonyl (C=O) groups excluding carboxylic acids is 2. The summed E-state index contributed by atoms with van der Waals surface area (Å²) in [6.07, 6.45) is 2.51. The highest BCUT2D eigenvalue weighted by Crippen LogP contribution is 2.27. The number of para-hydroxylation sites is 1. The molecule has 27 heavy (non-hydrogen) atoms. The molecule has 4 rings (SSSR count). The third-order valence-electron chi connectivity index (χ3n) is 5.95. The van der Waals surface area contributed by atoms with Crippen LogP contribution >= 0.6 is 0 Å². The molecule has 0 aliphatic carbocycles. The van der Waals surface area contributed by atoms with Crippen molar-refractivity contribution in [2.24, 2.45) is 5.92 Å². The summed E-state index contributed by atoms with van der Waals surface area (Å²) >= 11 is 0. The first-order valence-corrected chi connectivity index (χ1v) is 10.0. The Labute approximate surface area is 159 Å². The van der Waals surface area contributed by atoms with Gasteiger partial charge >= 0.3 is 5.97 Å². The van der Waals surface area contributed by atoms with Crippen molar-refractivity contribution in [1.82, 2.24) is 9.88 Å². The van der Waals surface area contributed by atoms with Gasteiger partial charge in [0, 0.05) is 54.5 Å². The highest BCUT2D eigenvalue weighted by Gasteiger charge is 2.31. The molecule has 0 unspecified atom stereocenters. The molecule has 0 spiro atoms. The van der Waals surface area contributed by atoms with Crippen molar-refractivity contribution in [3.8, 4) is 0 Å². The Bertz CT molecular complexity index is 836. The van der Waals surface area contributed by atoms with Gasteiger partial charge in [-0.05, 0) is 13.0 Å². The summed E-state index contributed by atoms with van der Waals surface area (Å²) in [5, 5.41) is 1.23. The van der Waals surface area contributed by atoms with E-state index in [2.05, 4.69) is 23.2 Å². The minimum absolute atomic E-state index is 0.00701. The number of quaternary nitrogens is 1. The van der Waals surface area contributed by atoms with Crippen LogP contribution in [-0.4, -0.2) is 54.5 Å². The fourth-order valence-electron chi connectivity index (χ4n) is 4.40. The summed E-state index contributed by atoms with van der Waals surface area (Å²) in [6.45, 7) is 5.99. The molecule has 2 aliphatic heterocycles. The van der Waals surface area contributed by atoms with Crippen LogP contribution in [0.2, 0.25) is 0 Å². The lowest BCUT2D eigenvalue weighted by atomic mass is 9.97. The van der Waals surface area contributed by atoms with Gasteiger partial charge in [-0.15, -0.1) is 0 Å². The predicted molar refractivity (Wildman–Crippen MR) is 102 cm³/mol. The molecule has 3 heterocycles. The number of hydrogen-bond acceptors (Lipinski definition) is 3. The molecular weight excluding hydrogens is 342 g/mol. The van der Waals surface area contributed by atoms with E-state index >= 15 is 0 Å². The summed E-state index contributed by atoms with van der Waals surface area (Å²) in [5.74, 6) is 0.147. The maximum absolute atomic E-state index is 12.9. The van der Waals surface area contributed by atoms with E-state index in [1.54, 1.807) is 0 Å². The van der Waals surface area contributed by atoms with Crippen LogP contribution in [-0.2, 0) is 27.3 Å². The number of ether oxygens (including phenoxy) is 1. The summed E-state index contributed by atoms with van der Waals surface area (Å²) < 4.78 is 5.13. The van der Waals surface area contributed by atoms with Crippen LogP contribution in [0.1, 0.15) is 31.0 Å². The molecule has 1 amide bonds. The third-order valence-corrected chi connectivity index (χ3v) is 5.95. The first-order valence-electron chi connectivity index (χ1n) is 10.0. The number of aromatic amines is 1. The lowest BCUT2D eigenvalue weighted by Gasteiger charge is -2.31. The molecule has 0 bridgehead atoms. The van der Waals surface area contributed by atoms with Crippen molar-refractivity contribution in [3.63, 3.8) is 0 Å². The topological polar surface area (TPSA) is 66.8 Å². The second-order valence-electron chi connectivity index (χ2n) is 7.65. The highest BCUT2D eigenvalue weighted by atomic mass is 16.5. The van der Waals surface area contributed by atoms with Crippen molar-refractivity contribution in [1.29, 1.82) is 0 Å². The van der Waals surface area contributed by atoms with E-state index in [9.17, 15) is 9.59 Å². The number of piperidine rings is 1. The van der Waals surface area contributed by atoms with Gasteiger partial charge in [0.1, 0.15) is 0 Å². The number of esters is 1. The van der Waals surface area contributed by atoms with E-state index < -0.39 is 0 Å². The number of likely N-dealkylation sites (tertiary alicyclic amines) is 1. The number of hydrogen-bond donors (Lipinski definition) is 2. The molecule has 1 fully saturated rings. The second-order valence-corrected chi connectivity index (χ2v) is 7.65. The first kappa shape index (κ1) is 18.0. The minimum Gasteiger partial charge on any atom is -0.466 e. The molecule has 1 aromatic carbocycles. The smallest absolute Gasteiger partial charge is 0.309 e. The standard InChI is InChI=1S/C21H27N3O3/c1-2-27-21(26)15-7-10-23(11-8-15)14-20(25)24-12-9-19-17(13-24)16-5-3-4-6-18(16)22-19/h3-6,15,22H,2,7-14H2,1H3/p+1. The maximum Gasteiger partial charge on any atom is 0.309 e. The molecule has 1 aromatic heterocycles. The fraction of sp³-hybridized carbons (Fsp3) is 0.524. The number of fused-ring (bicyclic) bond motifs is 3. The van der Waals surface area contributed by atoms with Crippen LogP contribution < -0.4 is 4.90 Å². The van der Waals surface area contributed by atoms with Gasteiger partial charge in [0.05, 0.1) is 25.6 Å². The Balaban J connectivity index is 1.34. The summed E-state index contributed by atoms with van der Waals surface area (Å²) in [6, 6.07) is 8.31. The van der Waals surface area contributed by atoms with Crippen molar-refractivity contribution in [2.75, 3.05) is 32.8 Å². The molecule has 6 heteroatoms. The summed E-state index contributed by atoms with van der Waals surface area (Å²) in [4.78, 5) is 31.5.